The Labute approximate surface area is 465 Å². The Bertz CT molecular complexity index is 3230. The molecule has 0 aliphatic carbocycles. The van der Waals surface area contributed by atoms with Crippen LogP contribution in [0.5, 0.6) is 23.1 Å². The summed E-state index contributed by atoms with van der Waals surface area (Å²) in [5, 5.41) is 13.2. The van der Waals surface area contributed by atoms with Crippen LogP contribution in [0.15, 0.2) is 109 Å². The van der Waals surface area contributed by atoms with Gasteiger partial charge >= 0.3 is 5.97 Å². The van der Waals surface area contributed by atoms with Gasteiger partial charge in [0.05, 0.1) is 30.3 Å². The number of imide groups is 1. The average Bonchev–Trinajstić information content (AvgIpc) is 4.19. The minimum atomic E-state index is -0.796. The van der Waals surface area contributed by atoms with E-state index >= 15 is 0 Å². The number of carboxylic acid groups (broad SMARTS) is 1. The molecule has 2 unspecified atom stereocenters. The van der Waals surface area contributed by atoms with Crippen molar-refractivity contribution in [3.63, 3.8) is 0 Å². The van der Waals surface area contributed by atoms with Gasteiger partial charge in [-0.05, 0) is 129 Å². The highest BCUT2D eigenvalue weighted by molar-refractivity contribution is 8.15. The van der Waals surface area contributed by atoms with Gasteiger partial charge in [0.2, 0.25) is 17.7 Å². The number of benzene rings is 4. The van der Waals surface area contributed by atoms with E-state index in [1.807, 2.05) is 73.5 Å². The predicted molar refractivity (Wildman–Crippen MR) is 307 cm³/mol. The minimum Gasteiger partial charge on any atom is -0.497 e. The third-order valence-electron chi connectivity index (χ3n) is 15.1. The lowest BCUT2D eigenvalue weighted by atomic mass is 9.80. The number of carboxylic acids is 1. The zero-order valence-corrected chi connectivity index (χ0v) is 46.5. The lowest BCUT2D eigenvalue weighted by molar-refractivity contribution is -0.137. The summed E-state index contributed by atoms with van der Waals surface area (Å²) < 4.78 is 24.8. The van der Waals surface area contributed by atoms with E-state index in [0.717, 1.165) is 131 Å². The van der Waals surface area contributed by atoms with Gasteiger partial charge in [0.1, 0.15) is 41.6 Å². The van der Waals surface area contributed by atoms with Crippen LogP contribution in [0.3, 0.4) is 0 Å². The first kappa shape index (κ1) is 56.2. The number of hydrogen-bond donors (Lipinski definition) is 2. The first-order valence-electron chi connectivity index (χ1n) is 27.2. The van der Waals surface area contributed by atoms with E-state index in [2.05, 4.69) is 86.0 Å². The Hall–Kier alpha value is -7.54. The van der Waals surface area contributed by atoms with Crippen LogP contribution < -0.4 is 24.4 Å². The second kappa shape index (κ2) is 26.4. The molecule has 0 saturated carbocycles. The van der Waals surface area contributed by atoms with Crippen molar-refractivity contribution >= 4 is 62.5 Å². The van der Waals surface area contributed by atoms with Gasteiger partial charge < -0.3 is 38.4 Å². The van der Waals surface area contributed by atoms with Crippen molar-refractivity contribution in [3.8, 4) is 23.1 Å². The Kier molecular flexibility index (Phi) is 18.8. The van der Waals surface area contributed by atoms with Crippen LogP contribution in [0, 0.1) is 19.8 Å². The van der Waals surface area contributed by atoms with Crippen LogP contribution in [-0.4, -0.2) is 136 Å². The van der Waals surface area contributed by atoms with Crippen molar-refractivity contribution in [3.05, 3.63) is 143 Å². The molecule has 18 heteroatoms. The summed E-state index contributed by atoms with van der Waals surface area (Å²) in [6.45, 7) is 14.0. The van der Waals surface area contributed by atoms with Gasteiger partial charge in [-0.15, -0.1) is 0 Å². The van der Waals surface area contributed by atoms with Crippen molar-refractivity contribution in [2.24, 2.45) is 5.92 Å². The summed E-state index contributed by atoms with van der Waals surface area (Å²) >= 11 is 1.03. The maximum Gasteiger partial charge on any atom is 0.303 e. The molecule has 2 atom stereocenters. The zero-order chi connectivity index (χ0) is 55.4. The quantitative estimate of drug-likeness (QED) is 0.0733. The molecule has 79 heavy (non-hydrogen) atoms. The number of aromatic nitrogens is 4. The number of fused-ring (bicyclic) bond motifs is 3. The first-order chi connectivity index (χ1) is 38.3. The Balaban J connectivity index is 0.000000199. The van der Waals surface area contributed by atoms with Gasteiger partial charge in [0.15, 0.2) is 0 Å². The van der Waals surface area contributed by atoms with Crippen LogP contribution in [0.4, 0.5) is 10.6 Å². The number of ether oxygens (including phenoxy) is 4. The number of nitrogens with zero attached hydrogens (tertiary/aromatic N) is 7. The molecule has 0 radical (unpaired) electrons. The topological polar surface area (TPSA) is 191 Å². The Morgan fingerprint density at radius 2 is 1.58 bits per heavy atom. The number of piperazine rings is 1. The van der Waals surface area contributed by atoms with Crippen molar-refractivity contribution in [1.82, 2.24) is 34.6 Å². The Morgan fingerprint density at radius 1 is 0.886 bits per heavy atom. The predicted octanol–water partition coefficient (Wildman–Crippen LogP) is 9.62. The number of nitrogens with one attached hydrogen (secondary N) is 1. The summed E-state index contributed by atoms with van der Waals surface area (Å²) in [5.74, 6) is 2.65. The molecule has 6 heterocycles. The number of carbonyl (C=O) groups excluding carboxylic acids is 3. The van der Waals surface area contributed by atoms with Gasteiger partial charge in [-0.1, -0.05) is 73.3 Å². The maximum atomic E-state index is 14.1. The normalized spacial score (nSPS) is 16.3. The molecular formula is C61H70N8O9S. The molecule has 4 aromatic carbocycles. The smallest absolute Gasteiger partial charge is 0.303 e. The summed E-state index contributed by atoms with van der Waals surface area (Å²) in [4.78, 5) is 68.5. The van der Waals surface area contributed by atoms with Crippen molar-refractivity contribution in [1.29, 1.82) is 0 Å². The van der Waals surface area contributed by atoms with Crippen LogP contribution in [-0.2, 0) is 38.5 Å². The number of aryl methyl sites for hydroxylation is 2. The number of amides is 3. The van der Waals surface area contributed by atoms with Gasteiger partial charge in [-0.25, -0.2) is 15.0 Å². The molecule has 3 aromatic heterocycles. The molecule has 7 aromatic rings. The molecule has 3 aliphatic heterocycles. The fourth-order valence-corrected chi connectivity index (χ4v) is 11.7. The molecule has 414 valence electrons. The summed E-state index contributed by atoms with van der Waals surface area (Å²) in [6.07, 6.45) is 5.48. The second-order valence-electron chi connectivity index (χ2n) is 20.3. The third-order valence-corrected chi connectivity index (χ3v) is 16.1. The van der Waals surface area contributed by atoms with Crippen LogP contribution in [0.25, 0.3) is 21.9 Å². The number of para-hydroxylation sites is 1. The molecule has 0 spiro atoms. The Morgan fingerprint density at radius 3 is 2.27 bits per heavy atom. The van der Waals surface area contributed by atoms with E-state index in [1.54, 1.807) is 13.2 Å². The largest absolute Gasteiger partial charge is 0.497 e. The van der Waals surface area contributed by atoms with Crippen LogP contribution >= 0.6 is 11.8 Å². The summed E-state index contributed by atoms with van der Waals surface area (Å²) in [5.41, 5.74) is 8.27. The van der Waals surface area contributed by atoms with E-state index in [0.29, 0.717) is 63.2 Å². The number of aliphatic carboxylic acids is 1. The highest BCUT2D eigenvalue weighted by Crippen LogP contribution is 2.37. The third kappa shape index (κ3) is 14.0. The number of pyridine rings is 1. The van der Waals surface area contributed by atoms with Crippen molar-refractivity contribution < 1.29 is 43.2 Å². The number of anilines is 1. The van der Waals surface area contributed by atoms with Gasteiger partial charge in [-0.2, -0.15) is 0 Å². The van der Waals surface area contributed by atoms with Crippen LogP contribution in [0.1, 0.15) is 72.0 Å². The lowest BCUT2D eigenvalue weighted by Crippen LogP contribution is -2.51. The fourth-order valence-electron chi connectivity index (χ4n) is 10.8. The number of carbonyl (C=O) groups is 4. The van der Waals surface area contributed by atoms with E-state index in [4.69, 9.17) is 23.9 Å². The van der Waals surface area contributed by atoms with Gasteiger partial charge in [0.25, 0.3) is 5.24 Å². The molecule has 2 N–H and O–H groups in total. The van der Waals surface area contributed by atoms with Crippen molar-refractivity contribution in [2.45, 2.75) is 77.0 Å². The molecule has 3 aliphatic rings. The van der Waals surface area contributed by atoms with E-state index in [9.17, 15) is 24.3 Å². The number of methoxy groups -OCH3 is 1. The van der Waals surface area contributed by atoms with Gasteiger partial charge in [-0.3, -0.25) is 29.4 Å². The molecule has 0 bridgehead atoms. The molecule has 17 nitrogen and oxygen atoms in total. The highest BCUT2D eigenvalue weighted by atomic mass is 32.2. The number of likely N-dealkylation sites (N-methyl/N-ethyl adjacent to an activating group) is 1. The number of rotatable bonds is 20. The lowest BCUT2D eigenvalue weighted by Gasteiger charge is -2.39. The first-order valence-corrected chi connectivity index (χ1v) is 28.1. The molecular weight excluding hydrogens is 1020 g/mol. The molecule has 3 amide bonds. The average molecular weight is 1090 g/mol. The fraction of sp³-hybridized carbons (Fsp3) is 0.393. The molecule has 3 fully saturated rings. The maximum absolute atomic E-state index is 14.1. The van der Waals surface area contributed by atoms with E-state index in [-0.39, 0.29) is 40.6 Å². The highest BCUT2D eigenvalue weighted by Gasteiger charge is 2.36. The van der Waals surface area contributed by atoms with Gasteiger partial charge in [0, 0.05) is 81.9 Å². The summed E-state index contributed by atoms with van der Waals surface area (Å²) in [7, 11) is 3.53. The minimum absolute atomic E-state index is 0.0896. The van der Waals surface area contributed by atoms with E-state index < -0.39 is 5.97 Å². The number of thioether (sulfide) groups is 1. The molecule has 10 rings (SSSR count). The standard InChI is InChI=1S/C37H46N4O4.C24H24N4O5S/c1-4-17-39-18-20-40(21-19-39)37(44)35(29-15-22-45-23-16-29)28-11-9-27(10-12-28)24-41-32-8-6-5-7-31(32)34-25(2)30(13-14-33(42)43)26(3)38-36(34)41;1-28(21-14-22(26-15-25-21)33-19-9-7-17(31-2)8-10-19)11-12-32-18-5-3-16(4-6-18)13-20-23(29)27-24(30)34-20/h5-12,29,35H,4,13-24H2,1-3H3,(H,42,43);3-10,14-15,20H,11-13H2,1-2H3,(H,27,29,30). The summed E-state index contributed by atoms with van der Waals surface area (Å²) in [6, 6.07) is 33.6. The SMILES string of the molecule is CCCN1CCN(C(=O)C(c2ccc(Cn3c4ccccc4c4c(C)c(CCC(=O)O)c(C)nc43)cc2)C2CCOCC2)CC1.COc1ccc(Oc2cc(N(C)CCOc3ccc(CC4SC(=O)NC4=O)cc3)ncn2)cc1. The molecule has 3 saturated heterocycles. The van der Waals surface area contributed by atoms with E-state index in [1.165, 1.54) is 6.33 Å². The van der Waals surface area contributed by atoms with Crippen LogP contribution in [0.2, 0.25) is 0 Å². The second-order valence-corrected chi connectivity index (χ2v) is 21.5. The monoisotopic (exact) mass is 1090 g/mol. The van der Waals surface area contributed by atoms with Crippen molar-refractivity contribution in [2.75, 3.05) is 78.1 Å². The zero-order valence-electron chi connectivity index (χ0n) is 45.7. The number of hydrogen-bond acceptors (Lipinski definition) is 14.